The van der Waals surface area contributed by atoms with Gasteiger partial charge in [0.1, 0.15) is 0 Å². The van der Waals surface area contributed by atoms with Gasteiger partial charge >= 0.3 is 18.9 Å². The fourth-order valence-electron chi connectivity index (χ4n) is 0.408. The Morgan fingerprint density at radius 2 is 1.86 bits per heavy atom. The molecule has 39 valence electrons. The molecule has 0 aliphatic rings. The van der Waals surface area contributed by atoms with Crippen LogP contribution in [0.25, 0.3) is 0 Å². The molecule has 0 aromatic rings. The molecule has 0 unspecified atom stereocenters. The molecule has 0 nitrogen and oxygen atoms in total. The molecule has 0 saturated carbocycles. The minimum atomic E-state index is 0. The van der Waals surface area contributed by atoms with E-state index in [2.05, 4.69) is 20.3 Å². The van der Waals surface area contributed by atoms with Crippen molar-refractivity contribution in [2.24, 2.45) is 0 Å². The van der Waals surface area contributed by atoms with Gasteiger partial charge in [-0.05, 0) is 6.42 Å². The molecule has 0 aromatic carbocycles. The van der Waals surface area contributed by atoms with Gasteiger partial charge in [0.05, 0.1) is 0 Å². The summed E-state index contributed by atoms with van der Waals surface area (Å²) in [6.07, 6.45) is 6.12. The van der Waals surface area contributed by atoms with Crippen molar-refractivity contribution in [2.75, 3.05) is 0 Å². The first-order valence-electron chi connectivity index (χ1n) is 2.73. The van der Waals surface area contributed by atoms with Crippen LogP contribution in [0.5, 0.6) is 0 Å². The molecule has 0 N–H and O–H groups in total. The third-order valence-corrected chi connectivity index (χ3v) is 0.781. The Bertz CT molecular complexity index is 16.1. The molecule has 0 atom stereocenters. The molecule has 0 amide bonds. The Hall–Kier alpha value is 0.597. The molecular formula is C6H14Li. The fraction of sp³-hybridized carbons (Fsp3) is 0.833. The van der Waals surface area contributed by atoms with E-state index >= 15 is 0 Å². The van der Waals surface area contributed by atoms with Crippen molar-refractivity contribution < 1.29 is 0 Å². The first-order chi connectivity index (χ1) is 2.91. The third-order valence-electron chi connectivity index (χ3n) is 0.781. The van der Waals surface area contributed by atoms with Gasteiger partial charge in [0, 0.05) is 0 Å². The van der Waals surface area contributed by atoms with Gasteiger partial charge in [0.25, 0.3) is 0 Å². The number of unbranched alkanes of at least 4 members (excludes halogenated alkanes) is 3. The minimum absolute atomic E-state index is 0. The molecule has 0 spiro atoms. The van der Waals surface area contributed by atoms with Crippen LogP contribution in [-0.2, 0) is 0 Å². The molecule has 0 aromatic heterocycles. The SMILES string of the molecule is CC[CH]CCC.[LiH]. The van der Waals surface area contributed by atoms with Crippen LogP contribution in [0.3, 0.4) is 0 Å². The van der Waals surface area contributed by atoms with E-state index in [9.17, 15) is 0 Å². The van der Waals surface area contributed by atoms with Crippen molar-refractivity contribution >= 4 is 18.9 Å². The molecule has 0 heterocycles. The van der Waals surface area contributed by atoms with Crippen molar-refractivity contribution in [1.29, 1.82) is 0 Å². The normalized spacial score (nSPS) is 7.71. The maximum absolute atomic E-state index is 2.31. The molecule has 0 fully saturated rings. The Labute approximate surface area is 58.9 Å². The van der Waals surface area contributed by atoms with E-state index in [1.807, 2.05) is 0 Å². The molecular weight excluding hydrogens is 79.0 g/mol. The van der Waals surface area contributed by atoms with Gasteiger partial charge in [-0.25, -0.2) is 0 Å². The number of hydrogen-bond acceptors (Lipinski definition) is 0. The monoisotopic (exact) mass is 93.1 g/mol. The van der Waals surface area contributed by atoms with E-state index in [1.165, 1.54) is 19.3 Å². The van der Waals surface area contributed by atoms with Crippen LogP contribution in [0.4, 0.5) is 0 Å². The van der Waals surface area contributed by atoms with E-state index in [0.29, 0.717) is 0 Å². The zero-order valence-electron chi connectivity index (χ0n) is 4.70. The summed E-state index contributed by atoms with van der Waals surface area (Å²) in [5.74, 6) is 0. The van der Waals surface area contributed by atoms with Crippen molar-refractivity contribution in [3.8, 4) is 0 Å². The second-order valence-corrected chi connectivity index (χ2v) is 1.49. The average Bonchev–Trinajstić information content (AvgIpc) is 1.61. The van der Waals surface area contributed by atoms with E-state index in [-0.39, 0.29) is 18.9 Å². The summed E-state index contributed by atoms with van der Waals surface area (Å²) in [6.45, 7) is 4.38. The summed E-state index contributed by atoms with van der Waals surface area (Å²) in [4.78, 5) is 0. The maximum atomic E-state index is 2.31. The first-order valence-corrected chi connectivity index (χ1v) is 2.73. The van der Waals surface area contributed by atoms with Crippen molar-refractivity contribution in [3.05, 3.63) is 6.42 Å². The summed E-state index contributed by atoms with van der Waals surface area (Å²) in [5.41, 5.74) is 0. The predicted octanol–water partition coefficient (Wildman–Crippen LogP) is 1.75. The Balaban J connectivity index is 0. The van der Waals surface area contributed by atoms with Crippen molar-refractivity contribution in [1.82, 2.24) is 0 Å². The molecule has 7 heavy (non-hydrogen) atoms. The van der Waals surface area contributed by atoms with Gasteiger partial charge in [-0.3, -0.25) is 0 Å². The molecule has 0 rings (SSSR count). The summed E-state index contributed by atoms with van der Waals surface area (Å²) in [7, 11) is 0. The standard InChI is InChI=1S/C6H13.Li.H/c1-3-5-6-4-2;;/h5H,3-4,6H2,1-2H3;;. The topological polar surface area (TPSA) is 0 Å². The molecule has 0 saturated heterocycles. The zero-order valence-corrected chi connectivity index (χ0v) is 4.70. The second-order valence-electron chi connectivity index (χ2n) is 1.49. The van der Waals surface area contributed by atoms with Gasteiger partial charge < -0.3 is 0 Å². The first kappa shape index (κ1) is 10.6. The van der Waals surface area contributed by atoms with Crippen LogP contribution >= 0.6 is 0 Å². The van der Waals surface area contributed by atoms with Crippen LogP contribution in [-0.4, -0.2) is 18.9 Å². The third kappa shape index (κ3) is 10.8. The predicted molar refractivity (Wildman–Crippen MR) is 36.6 cm³/mol. The van der Waals surface area contributed by atoms with Crippen molar-refractivity contribution in [3.63, 3.8) is 0 Å². The summed E-state index contributed by atoms with van der Waals surface area (Å²) in [5, 5.41) is 0. The molecule has 1 radical (unpaired) electrons. The molecule has 0 aliphatic carbocycles. The quantitative estimate of drug-likeness (QED) is 0.368. The summed E-state index contributed by atoms with van der Waals surface area (Å²) < 4.78 is 0. The van der Waals surface area contributed by atoms with E-state index in [1.54, 1.807) is 0 Å². The molecule has 0 bridgehead atoms. The van der Waals surface area contributed by atoms with Gasteiger partial charge in [0.2, 0.25) is 0 Å². The Morgan fingerprint density at radius 3 is 2.00 bits per heavy atom. The summed E-state index contributed by atoms with van der Waals surface area (Å²) >= 11 is 0. The second kappa shape index (κ2) is 9.78. The van der Waals surface area contributed by atoms with Crippen LogP contribution in [0, 0.1) is 6.42 Å². The van der Waals surface area contributed by atoms with E-state index in [0.717, 1.165) is 0 Å². The van der Waals surface area contributed by atoms with Gasteiger partial charge in [0.15, 0.2) is 0 Å². The van der Waals surface area contributed by atoms with Crippen molar-refractivity contribution in [2.45, 2.75) is 33.1 Å². The van der Waals surface area contributed by atoms with E-state index in [4.69, 9.17) is 0 Å². The Morgan fingerprint density at radius 1 is 1.29 bits per heavy atom. The summed E-state index contributed by atoms with van der Waals surface area (Å²) in [6, 6.07) is 0. The van der Waals surface area contributed by atoms with Gasteiger partial charge in [-0.1, -0.05) is 33.1 Å². The van der Waals surface area contributed by atoms with Crippen LogP contribution in [0.2, 0.25) is 0 Å². The molecule has 1 heteroatoms. The number of rotatable bonds is 3. The van der Waals surface area contributed by atoms with Crippen LogP contribution in [0.15, 0.2) is 0 Å². The number of hydrogen-bond donors (Lipinski definition) is 0. The van der Waals surface area contributed by atoms with Gasteiger partial charge in [-0.2, -0.15) is 0 Å². The zero-order chi connectivity index (χ0) is 4.83. The fourth-order valence-corrected chi connectivity index (χ4v) is 0.408. The van der Waals surface area contributed by atoms with Gasteiger partial charge in [-0.15, -0.1) is 0 Å². The van der Waals surface area contributed by atoms with E-state index < -0.39 is 0 Å². The molecule has 0 aliphatic heterocycles. The average molecular weight is 93.1 g/mol. The van der Waals surface area contributed by atoms with Crippen LogP contribution < -0.4 is 0 Å². The van der Waals surface area contributed by atoms with Crippen LogP contribution in [0.1, 0.15) is 33.1 Å². The Kier molecular flexibility index (Phi) is 14.7.